The van der Waals surface area contributed by atoms with E-state index in [4.69, 9.17) is 0 Å². The molecular formula is C22H31N6O2+. The number of tetrazole rings is 1. The second-order valence-electron chi connectivity index (χ2n) is 8.31. The van der Waals surface area contributed by atoms with Crippen molar-refractivity contribution in [2.24, 2.45) is 0 Å². The van der Waals surface area contributed by atoms with Gasteiger partial charge in [0.25, 0.3) is 5.56 Å². The molecule has 2 aromatic heterocycles. The maximum absolute atomic E-state index is 12.7. The lowest BCUT2D eigenvalue weighted by Gasteiger charge is -2.23. The second-order valence-corrected chi connectivity index (χ2v) is 8.31. The zero-order chi connectivity index (χ0) is 20.9. The van der Waals surface area contributed by atoms with Crippen LogP contribution in [-0.4, -0.2) is 43.4 Å². The van der Waals surface area contributed by atoms with E-state index in [9.17, 15) is 9.90 Å². The van der Waals surface area contributed by atoms with Gasteiger partial charge >= 0.3 is 0 Å². The van der Waals surface area contributed by atoms with E-state index in [-0.39, 0.29) is 12.2 Å². The highest BCUT2D eigenvalue weighted by Crippen LogP contribution is 2.27. The van der Waals surface area contributed by atoms with E-state index in [0.29, 0.717) is 25.7 Å². The first kappa shape index (κ1) is 20.7. The van der Waals surface area contributed by atoms with Crippen molar-refractivity contribution in [2.75, 3.05) is 13.2 Å². The van der Waals surface area contributed by atoms with E-state index in [1.807, 2.05) is 22.9 Å². The molecule has 0 radical (unpaired) electrons. The summed E-state index contributed by atoms with van der Waals surface area (Å²) in [5, 5.41) is 23.1. The summed E-state index contributed by atoms with van der Waals surface area (Å²) in [5.41, 5.74) is 2.74. The predicted molar refractivity (Wildman–Crippen MR) is 114 cm³/mol. The Balaban J connectivity index is 1.56. The maximum atomic E-state index is 12.7. The average molecular weight is 412 g/mol. The highest BCUT2D eigenvalue weighted by molar-refractivity contribution is 5.79. The van der Waals surface area contributed by atoms with Crippen molar-refractivity contribution in [3.8, 4) is 0 Å². The average Bonchev–Trinajstić information content (AvgIpc) is 3.23. The van der Waals surface area contributed by atoms with Gasteiger partial charge in [-0.2, -0.15) is 0 Å². The molecule has 0 bridgehead atoms. The molecule has 4 rings (SSSR count). The standard InChI is InChI=1S/C22H30N6O2/c1-2-16-8-9-20-17(12-16)13-18(22(30)23-20)14-27(10-11-29)15-21-24-25-26-28(21)19-6-4-3-5-7-19/h8-9,12-13,19,29H,2-7,10-11,14-15H2,1H3,(H,23,30)/p+1. The van der Waals surface area contributed by atoms with Crippen LogP contribution >= 0.6 is 0 Å². The number of hydrogen-bond donors (Lipinski definition) is 3. The lowest BCUT2D eigenvalue weighted by Crippen LogP contribution is -3.10. The Labute approximate surface area is 175 Å². The van der Waals surface area contributed by atoms with Gasteiger partial charge in [-0.1, -0.05) is 32.3 Å². The summed E-state index contributed by atoms with van der Waals surface area (Å²) in [6.45, 7) is 3.80. The Morgan fingerprint density at radius 1 is 1.20 bits per heavy atom. The molecule has 3 aromatic rings. The van der Waals surface area contributed by atoms with Crippen molar-refractivity contribution < 1.29 is 10.0 Å². The van der Waals surface area contributed by atoms with Gasteiger partial charge in [0.2, 0.25) is 5.82 Å². The van der Waals surface area contributed by atoms with Crippen LogP contribution in [0, 0.1) is 0 Å². The number of fused-ring (bicyclic) bond motifs is 1. The third kappa shape index (κ3) is 4.60. The van der Waals surface area contributed by atoms with Crippen LogP contribution in [0.1, 0.15) is 62.0 Å². The van der Waals surface area contributed by atoms with E-state index in [1.54, 1.807) is 0 Å². The minimum atomic E-state index is -0.0749. The summed E-state index contributed by atoms with van der Waals surface area (Å²) in [5.74, 6) is 0.829. The van der Waals surface area contributed by atoms with Crippen molar-refractivity contribution >= 4 is 10.9 Å². The molecule has 0 amide bonds. The summed E-state index contributed by atoms with van der Waals surface area (Å²) >= 11 is 0. The van der Waals surface area contributed by atoms with Gasteiger partial charge in [0.05, 0.1) is 18.2 Å². The lowest BCUT2D eigenvalue weighted by atomic mass is 9.95. The third-order valence-corrected chi connectivity index (χ3v) is 6.19. The molecule has 8 nitrogen and oxygen atoms in total. The number of nitrogens with one attached hydrogen (secondary N) is 2. The van der Waals surface area contributed by atoms with Crippen LogP contribution in [0.2, 0.25) is 0 Å². The normalized spacial score (nSPS) is 16.2. The van der Waals surface area contributed by atoms with Gasteiger partial charge in [-0.3, -0.25) is 4.79 Å². The summed E-state index contributed by atoms with van der Waals surface area (Å²) in [4.78, 5) is 16.7. The zero-order valence-corrected chi connectivity index (χ0v) is 17.6. The number of aromatic nitrogens is 5. The Morgan fingerprint density at radius 3 is 2.80 bits per heavy atom. The van der Waals surface area contributed by atoms with Gasteiger partial charge < -0.3 is 15.0 Å². The van der Waals surface area contributed by atoms with Gasteiger partial charge in [0, 0.05) is 5.52 Å². The van der Waals surface area contributed by atoms with Gasteiger partial charge in [0.15, 0.2) is 0 Å². The Bertz CT molecular complexity index is 1040. The number of pyridine rings is 1. The molecular weight excluding hydrogens is 380 g/mol. The van der Waals surface area contributed by atoms with Crippen molar-refractivity contribution in [2.45, 2.75) is 64.6 Å². The molecule has 160 valence electrons. The molecule has 3 N–H and O–H groups in total. The molecule has 1 saturated carbocycles. The molecule has 1 unspecified atom stereocenters. The molecule has 1 atom stereocenters. The minimum Gasteiger partial charge on any atom is -0.391 e. The second kappa shape index (κ2) is 9.49. The summed E-state index contributed by atoms with van der Waals surface area (Å²) in [7, 11) is 0. The lowest BCUT2D eigenvalue weighted by molar-refractivity contribution is -0.928. The van der Waals surface area contributed by atoms with Crippen LogP contribution in [0.15, 0.2) is 29.1 Å². The van der Waals surface area contributed by atoms with E-state index in [0.717, 1.165) is 46.5 Å². The van der Waals surface area contributed by atoms with Crippen molar-refractivity contribution in [1.82, 2.24) is 25.2 Å². The van der Waals surface area contributed by atoms with Crippen LogP contribution in [-0.2, 0) is 19.5 Å². The summed E-state index contributed by atoms with van der Waals surface area (Å²) in [6.07, 6.45) is 6.87. The molecule has 0 saturated heterocycles. The molecule has 1 aliphatic rings. The quantitative estimate of drug-likeness (QED) is 0.516. The number of nitrogens with zero attached hydrogens (tertiary/aromatic N) is 4. The van der Waals surface area contributed by atoms with Gasteiger partial charge in [-0.25, -0.2) is 4.68 Å². The highest BCUT2D eigenvalue weighted by atomic mass is 16.3. The topological polar surface area (TPSA) is 101 Å². The number of aliphatic hydroxyl groups excluding tert-OH is 1. The highest BCUT2D eigenvalue weighted by Gasteiger charge is 2.23. The van der Waals surface area contributed by atoms with E-state index >= 15 is 0 Å². The van der Waals surface area contributed by atoms with E-state index in [2.05, 4.69) is 33.5 Å². The molecule has 1 fully saturated rings. The van der Waals surface area contributed by atoms with Gasteiger partial charge in [0.1, 0.15) is 19.6 Å². The number of aliphatic hydroxyl groups is 1. The van der Waals surface area contributed by atoms with E-state index < -0.39 is 0 Å². The van der Waals surface area contributed by atoms with Crippen LogP contribution in [0.5, 0.6) is 0 Å². The molecule has 1 aromatic carbocycles. The smallest absolute Gasteiger partial charge is 0.257 e. The zero-order valence-electron chi connectivity index (χ0n) is 17.6. The van der Waals surface area contributed by atoms with Crippen molar-refractivity contribution in [1.29, 1.82) is 0 Å². The van der Waals surface area contributed by atoms with Crippen molar-refractivity contribution in [3.63, 3.8) is 0 Å². The monoisotopic (exact) mass is 411 g/mol. The van der Waals surface area contributed by atoms with Crippen molar-refractivity contribution in [3.05, 3.63) is 51.6 Å². The SMILES string of the molecule is CCc1ccc2[nH]c(=O)c(C[NH+](CCO)Cc3nnnn3C3CCCCC3)cc2c1. The van der Waals surface area contributed by atoms with Crippen LogP contribution in [0.3, 0.4) is 0 Å². The van der Waals surface area contributed by atoms with Gasteiger partial charge in [-0.05, 0) is 58.8 Å². The number of aryl methyl sites for hydroxylation is 1. The molecule has 0 aliphatic heterocycles. The number of H-pyrrole nitrogens is 1. The van der Waals surface area contributed by atoms with Gasteiger partial charge in [-0.15, -0.1) is 5.10 Å². The molecule has 2 heterocycles. The van der Waals surface area contributed by atoms with Crippen LogP contribution < -0.4 is 10.5 Å². The van der Waals surface area contributed by atoms with E-state index in [1.165, 1.54) is 24.8 Å². The Kier molecular flexibility index (Phi) is 6.54. The number of hydrogen-bond acceptors (Lipinski definition) is 5. The number of rotatable bonds is 8. The molecule has 30 heavy (non-hydrogen) atoms. The summed E-state index contributed by atoms with van der Waals surface area (Å²) < 4.78 is 1.97. The third-order valence-electron chi connectivity index (χ3n) is 6.19. The number of benzene rings is 1. The fourth-order valence-electron chi connectivity index (χ4n) is 4.48. The number of quaternary nitrogens is 1. The molecule has 1 aliphatic carbocycles. The van der Waals surface area contributed by atoms with Crippen LogP contribution in [0.4, 0.5) is 0 Å². The fraction of sp³-hybridized carbons (Fsp3) is 0.545. The first-order valence-corrected chi connectivity index (χ1v) is 11.0. The van der Waals surface area contributed by atoms with Crippen LogP contribution in [0.25, 0.3) is 10.9 Å². The minimum absolute atomic E-state index is 0.0474. The predicted octanol–water partition coefficient (Wildman–Crippen LogP) is 1.16. The Hall–Kier alpha value is -2.58. The molecule has 0 spiro atoms. The number of aromatic amines is 1. The fourth-order valence-corrected chi connectivity index (χ4v) is 4.48. The first-order valence-electron chi connectivity index (χ1n) is 11.0. The first-order chi connectivity index (χ1) is 14.7. The molecule has 8 heteroatoms. The summed E-state index contributed by atoms with van der Waals surface area (Å²) in [6, 6.07) is 8.48. The Morgan fingerprint density at radius 2 is 2.03 bits per heavy atom. The largest absolute Gasteiger partial charge is 0.391 e. The maximum Gasteiger partial charge on any atom is 0.257 e.